The first kappa shape index (κ1) is 8.12. The van der Waals surface area contributed by atoms with Crippen molar-refractivity contribution in [3.8, 4) is 0 Å². The number of nitrogens with zero attached hydrogens (tertiary/aromatic N) is 1. The molecule has 0 aliphatic carbocycles. The molecule has 2 heteroatoms. The van der Waals surface area contributed by atoms with Crippen LogP contribution in [0, 0.1) is 5.92 Å². The maximum atomic E-state index is 4.59. The monoisotopic (exact) mass is 157 g/mol. The van der Waals surface area contributed by atoms with Crippen molar-refractivity contribution in [2.45, 2.75) is 33.2 Å². The minimum atomic E-state index is 0.613. The van der Waals surface area contributed by atoms with Crippen LogP contribution in [-0.2, 0) is 0 Å². The SMILES string of the molecule is CC[C@@H]1CSC(C(C)C)=N1. The van der Waals surface area contributed by atoms with E-state index in [1.165, 1.54) is 17.2 Å². The predicted octanol–water partition coefficient (Wildman–Crippen LogP) is 2.57. The third-order valence-corrected chi connectivity index (χ3v) is 3.12. The maximum Gasteiger partial charge on any atom is 0.0705 e. The van der Waals surface area contributed by atoms with Crippen molar-refractivity contribution in [2.24, 2.45) is 10.9 Å². The van der Waals surface area contributed by atoms with E-state index < -0.39 is 0 Å². The second-order valence-electron chi connectivity index (χ2n) is 3.00. The van der Waals surface area contributed by atoms with E-state index in [-0.39, 0.29) is 0 Å². The van der Waals surface area contributed by atoms with Crippen LogP contribution in [0.2, 0.25) is 0 Å². The Morgan fingerprint density at radius 1 is 1.70 bits per heavy atom. The molecule has 58 valence electrons. The smallest absolute Gasteiger partial charge is 0.0705 e. The highest BCUT2D eigenvalue weighted by molar-refractivity contribution is 8.14. The van der Waals surface area contributed by atoms with Gasteiger partial charge in [-0.3, -0.25) is 4.99 Å². The van der Waals surface area contributed by atoms with E-state index >= 15 is 0 Å². The summed E-state index contributed by atoms with van der Waals surface area (Å²) in [5.74, 6) is 1.85. The molecule has 1 aliphatic rings. The molecule has 0 N–H and O–H groups in total. The number of rotatable bonds is 2. The summed E-state index contributed by atoms with van der Waals surface area (Å²) < 4.78 is 0. The largest absolute Gasteiger partial charge is 0.278 e. The predicted molar refractivity (Wildman–Crippen MR) is 48.8 cm³/mol. The summed E-state index contributed by atoms with van der Waals surface area (Å²) in [7, 11) is 0. The molecule has 1 nitrogen and oxygen atoms in total. The average molecular weight is 157 g/mol. The number of aliphatic imine (C=N–C) groups is 1. The molecule has 1 aliphatic heterocycles. The van der Waals surface area contributed by atoms with Crippen molar-refractivity contribution in [1.29, 1.82) is 0 Å². The van der Waals surface area contributed by atoms with E-state index in [2.05, 4.69) is 25.8 Å². The van der Waals surface area contributed by atoms with E-state index in [1.54, 1.807) is 0 Å². The van der Waals surface area contributed by atoms with Crippen LogP contribution < -0.4 is 0 Å². The molecule has 0 saturated heterocycles. The number of thioether (sulfide) groups is 1. The van der Waals surface area contributed by atoms with E-state index in [1.807, 2.05) is 11.8 Å². The van der Waals surface area contributed by atoms with Gasteiger partial charge in [-0.2, -0.15) is 0 Å². The first-order valence-electron chi connectivity index (χ1n) is 3.94. The summed E-state index contributed by atoms with van der Waals surface area (Å²) in [6.45, 7) is 6.63. The standard InChI is InChI=1S/C8H15NS/c1-4-7-5-10-8(9-7)6(2)3/h6-7H,4-5H2,1-3H3/t7-/m1/s1. The topological polar surface area (TPSA) is 12.4 Å². The Hall–Kier alpha value is 0.0200. The quantitative estimate of drug-likeness (QED) is 0.600. The zero-order valence-electron chi connectivity index (χ0n) is 6.92. The lowest BCUT2D eigenvalue weighted by Gasteiger charge is -2.00. The molecular formula is C8H15NS. The van der Waals surface area contributed by atoms with Crippen molar-refractivity contribution in [3.05, 3.63) is 0 Å². The highest BCUT2D eigenvalue weighted by atomic mass is 32.2. The van der Waals surface area contributed by atoms with Crippen molar-refractivity contribution in [3.63, 3.8) is 0 Å². The summed E-state index contributed by atoms with van der Waals surface area (Å²) in [5.41, 5.74) is 0. The van der Waals surface area contributed by atoms with Gasteiger partial charge in [0.05, 0.1) is 11.1 Å². The van der Waals surface area contributed by atoms with Crippen molar-refractivity contribution in [2.75, 3.05) is 5.75 Å². The molecule has 1 heterocycles. The van der Waals surface area contributed by atoms with Gasteiger partial charge in [0.15, 0.2) is 0 Å². The summed E-state index contributed by atoms with van der Waals surface area (Å²) in [5, 5.41) is 1.35. The van der Waals surface area contributed by atoms with Crippen LogP contribution in [0.3, 0.4) is 0 Å². The number of hydrogen-bond donors (Lipinski definition) is 0. The Balaban J connectivity index is 2.48. The summed E-state index contributed by atoms with van der Waals surface area (Å²) in [6, 6.07) is 0.613. The molecule has 0 radical (unpaired) electrons. The zero-order chi connectivity index (χ0) is 7.56. The Bertz CT molecular complexity index is 140. The van der Waals surface area contributed by atoms with Crippen LogP contribution in [-0.4, -0.2) is 16.8 Å². The molecule has 0 aromatic rings. The van der Waals surface area contributed by atoms with Crippen LogP contribution in [0.25, 0.3) is 0 Å². The van der Waals surface area contributed by atoms with Crippen molar-refractivity contribution >= 4 is 16.8 Å². The summed E-state index contributed by atoms with van der Waals surface area (Å²) in [6.07, 6.45) is 1.20. The highest BCUT2D eigenvalue weighted by Gasteiger charge is 2.17. The van der Waals surface area contributed by atoms with Gasteiger partial charge in [-0.05, 0) is 6.42 Å². The van der Waals surface area contributed by atoms with Gasteiger partial charge in [0, 0.05) is 11.7 Å². The van der Waals surface area contributed by atoms with E-state index in [9.17, 15) is 0 Å². The van der Waals surface area contributed by atoms with E-state index in [4.69, 9.17) is 0 Å². The van der Waals surface area contributed by atoms with Crippen LogP contribution >= 0.6 is 11.8 Å². The first-order valence-corrected chi connectivity index (χ1v) is 4.93. The molecule has 1 rings (SSSR count). The fourth-order valence-electron chi connectivity index (χ4n) is 0.961. The van der Waals surface area contributed by atoms with Gasteiger partial charge in [0.1, 0.15) is 0 Å². The van der Waals surface area contributed by atoms with Gasteiger partial charge < -0.3 is 0 Å². The lowest BCUT2D eigenvalue weighted by atomic mass is 10.2. The normalized spacial score (nSPS) is 25.6. The summed E-state index contributed by atoms with van der Waals surface area (Å²) in [4.78, 5) is 4.59. The molecule has 0 aromatic carbocycles. The van der Waals surface area contributed by atoms with Gasteiger partial charge in [0.2, 0.25) is 0 Å². The van der Waals surface area contributed by atoms with E-state index in [0.717, 1.165) is 0 Å². The number of hydrogen-bond acceptors (Lipinski definition) is 2. The van der Waals surface area contributed by atoms with Crippen LogP contribution in [0.5, 0.6) is 0 Å². The van der Waals surface area contributed by atoms with Crippen LogP contribution in [0.15, 0.2) is 4.99 Å². The third-order valence-electron chi connectivity index (χ3n) is 1.70. The Morgan fingerprint density at radius 2 is 2.40 bits per heavy atom. The minimum Gasteiger partial charge on any atom is -0.278 e. The second-order valence-corrected chi connectivity index (χ2v) is 4.04. The van der Waals surface area contributed by atoms with Crippen molar-refractivity contribution in [1.82, 2.24) is 0 Å². The van der Waals surface area contributed by atoms with Crippen molar-refractivity contribution < 1.29 is 0 Å². The molecule has 0 fully saturated rings. The average Bonchev–Trinajstić information content (AvgIpc) is 2.34. The second kappa shape index (κ2) is 3.42. The molecule has 0 saturated carbocycles. The third kappa shape index (κ3) is 1.75. The Labute approximate surface area is 67.3 Å². The van der Waals surface area contributed by atoms with E-state index in [0.29, 0.717) is 12.0 Å². The van der Waals surface area contributed by atoms with Crippen LogP contribution in [0.4, 0.5) is 0 Å². The molecule has 0 spiro atoms. The lowest BCUT2D eigenvalue weighted by Crippen LogP contribution is -2.00. The van der Waals surface area contributed by atoms with Crippen LogP contribution in [0.1, 0.15) is 27.2 Å². The molecule has 0 amide bonds. The van der Waals surface area contributed by atoms with Gasteiger partial charge >= 0.3 is 0 Å². The van der Waals surface area contributed by atoms with Gasteiger partial charge in [-0.15, -0.1) is 11.8 Å². The fraction of sp³-hybridized carbons (Fsp3) is 0.875. The highest BCUT2D eigenvalue weighted by Crippen LogP contribution is 2.24. The Morgan fingerprint density at radius 3 is 2.70 bits per heavy atom. The molecule has 0 aromatic heterocycles. The molecule has 0 unspecified atom stereocenters. The van der Waals surface area contributed by atoms with Gasteiger partial charge in [-0.25, -0.2) is 0 Å². The zero-order valence-corrected chi connectivity index (χ0v) is 7.74. The Kier molecular flexibility index (Phi) is 2.78. The molecule has 1 atom stereocenters. The molecule has 10 heavy (non-hydrogen) atoms. The first-order chi connectivity index (χ1) is 4.74. The maximum absolute atomic E-state index is 4.59. The summed E-state index contributed by atoms with van der Waals surface area (Å²) >= 11 is 1.93. The van der Waals surface area contributed by atoms with Gasteiger partial charge in [0.25, 0.3) is 0 Å². The van der Waals surface area contributed by atoms with Gasteiger partial charge in [-0.1, -0.05) is 20.8 Å². The molecular weight excluding hydrogens is 142 g/mol. The fourth-order valence-corrected chi connectivity index (χ4v) is 2.19. The minimum absolute atomic E-state index is 0.613. The molecule has 0 bridgehead atoms. The lowest BCUT2D eigenvalue weighted by molar-refractivity contribution is 0.730.